The fourth-order valence-electron chi connectivity index (χ4n) is 3.06. The molecule has 1 N–H and O–H groups in total. The Morgan fingerprint density at radius 1 is 0.900 bits per heavy atom. The first-order chi connectivity index (χ1) is 9.36. The fourth-order valence-corrected chi connectivity index (χ4v) is 3.34. The lowest BCUT2D eigenvalue weighted by molar-refractivity contribution is 0.404. The zero-order chi connectivity index (χ0) is 13.1. The van der Waals surface area contributed by atoms with Gasteiger partial charge >= 0.3 is 0 Å². The SMILES string of the molecule is Cl.Clc1ccccc1[C@H]1CNCC[C@H]1c1ccccc1. The van der Waals surface area contributed by atoms with E-state index in [-0.39, 0.29) is 12.4 Å². The van der Waals surface area contributed by atoms with Gasteiger partial charge in [0, 0.05) is 17.5 Å². The van der Waals surface area contributed by atoms with Gasteiger partial charge in [-0.05, 0) is 36.1 Å². The van der Waals surface area contributed by atoms with E-state index < -0.39 is 0 Å². The van der Waals surface area contributed by atoms with Crippen LogP contribution in [0.4, 0.5) is 0 Å². The van der Waals surface area contributed by atoms with E-state index in [9.17, 15) is 0 Å². The minimum atomic E-state index is 0. The highest BCUT2D eigenvalue weighted by molar-refractivity contribution is 6.31. The van der Waals surface area contributed by atoms with Gasteiger partial charge in [0.2, 0.25) is 0 Å². The molecule has 2 aromatic carbocycles. The lowest BCUT2D eigenvalue weighted by atomic mass is 9.77. The Labute approximate surface area is 131 Å². The van der Waals surface area contributed by atoms with Crippen LogP contribution in [0.3, 0.4) is 0 Å². The largest absolute Gasteiger partial charge is 0.316 e. The highest BCUT2D eigenvalue weighted by Crippen LogP contribution is 2.39. The van der Waals surface area contributed by atoms with E-state index in [0.717, 1.165) is 18.1 Å². The van der Waals surface area contributed by atoms with Gasteiger partial charge in [0.05, 0.1) is 0 Å². The summed E-state index contributed by atoms with van der Waals surface area (Å²) in [6, 6.07) is 19.0. The van der Waals surface area contributed by atoms with Crippen LogP contribution in [-0.4, -0.2) is 13.1 Å². The molecule has 1 saturated heterocycles. The quantitative estimate of drug-likeness (QED) is 0.853. The molecule has 0 spiro atoms. The molecular formula is C17H19Cl2N. The van der Waals surface area contributed by atoms with E-state index in [1.54, 1.807) is 0 Å². The summed E-state index contributed by atoms with van der Waals surface area (Å²) >= 11 is 6.38. The summed E-state index contributed by atoms with van der Waals surface area (Å²) in [6.07, 6.45) is 1.17. The second-order valence-corrected chi connectivity index (χ2v) is 5.55. The van der Waals surface area contributed by atoms with Crippen molar-refractivity contribution in [1.82, 2.24) is 5.32 Å². The van der Waals surface area contributed by atoms with E-state index in [2.05, 4.69) is 47.8 Å². The molecule has 0 unspecified atom stereocenters. The van der Waals surface area contributed by atoms with Crippen LogP contribution in [0.15, 0.2) is 54.6 Å². The summed E-state index contributed by atoms with van der Waals surface area (Å²) in [5.41, 5.74) is 2.69. The predicted molar refractivity (Wildman–Crippen MR) is 88.1 cm³/mol. The summed E-state index contributed by atoms with van der Waals surface area (Å²) in [4.78, 5) is 0. The monoisotopic (exact) mass is 307 g/mol. The van der Waals surface area contributed by atoms with Gasteiger partial charge in [0.25, 0.3) is 0 Å². The average Bonchev–Trinajstić information content (AvgIpc) is 2.49. The molecule has 0 amide bonds. The maximum atomic E-state index is 6.38. The van der Waals surface area contributed by atoms with E-state index >= 15 is 0 Å². The van der Waals surface area contributed by atoms with Crippen molar-refractivity contribution in [3.63, 3.8) is 0 Å². The highest BCUT2D eigenvalue weighted by atomic mass is 35.5. The number of hydrogen-bond donors (Lipinski definition) is 1. The van der Waals surface area contributed by atoms with Crippen LogP contribution in [-0.2, 0) is 0 Å². The van der Waals surface area contributed by atoms with Crippen molar-refractivity contribution in [2.75, 3.05) is 13.1 Å². The maximum absolute atomic E-state index is 6.38. The van der Waals surface area contributed by atoms with Gasteiger partial charge in [-0.15, -0.1) is 12.4 Å². The number of nitrogens with one attached hydrogen (secondary N) is 1. The van der Waals surface area contributed by atoms with Crippen molar-refractivity contribution in [3.05, 3.63) is 70.7 Å². The molecule has 3 rings (SSSR count). The average molecular weight is 308 g/mol. The Hall–Kier alpha value is -1.02. The van der Waals surface area contributed by atoms with Crippen molar-refractivity contribution >= 4 is 24.0 Å². The maximum Gasteiger partial charge on any atom is 0.0441 e. The van der Waals surface area contributed by atoms with Crippen LogP contribution < -0.4 is 5.32 Å². The molecule has 0 aliphatic carbocycles. The number of rotatable bonds is 2. The van der Waals surface area contributed by atoms with Crippen molar-refractivity contribution in [1.29, 1.82) is 0 Å². The molecule has 2 aromatic rings. The topological polar surface area (TPSA) is 12.0 Å². The Kier molecular flexibility index (Phi) is 5.47. The Morgan fingerprint density at radius 3 is 2.35 bits per heavy atom. The van der Waals surface area contributed by atoms with Crippen molar-refractivity contribution in [2.45, 2.75) is 18.3 Å². The second kappa shape index (κ2) is 7.12. The van der Waals surface area contributed by atoms with Crippen molar-refractivity contribution in [3.8, 4) is 0 Å². The van der Waals surface area contributed by atoms with E-state index in [1.165, 1.54) is 17.5 Å². The van der Waals surface area contributed by atoms with Crippen LogP contribution in [0.5, 0.6) is 0 Å². The van der Waals surface area contributed by atoms with Crippen molar-refractivity contribution in [2.24, 2.45) is 0 Å². The first-order valence-corrected chi connectivity index (χ1v) is 7.24. The lowest BCUT2D eigenvalue weighted by Gasteiger charge is -2.33. The third-order valence-electron chi connectivity index (χ3n) is 4.01. The summed E-state index contributed by atoms with van der Waals surface area (Å²) in [7, 11) is 0. The predicted octanol–water partition coefficient (Wildman–Crippen LogP) is 4.62. The van der Waals surface area contributed by atoms with E-state index in [4.69, 9.17) is 11.6 Å². The van der Waals surface area contributed by atoms with Gasteiger partial charge in [-0.2, -0.15) is 0 Å². The molecule has 20 heavy (non-hydrogen) atoms. The van der Waals surface area contributed by atoms with Gasteiger partial charge in [0.1, 0.15) is 0 Å². The molecule has 1 fully saturated rings. The molecule has 0 bridgehead atoms. The molecule has 2 atom stereocenters. The molecule has 0 radical (unpaired) electrons. The standard InChI is InChI=1S/C17H18ClN.ClH/c18-17-9-5-4-8-15(17)16-12-19-11-10-14(16)13-6-2-1-3-7-13;/h1-9,14,16,19H,10-12H2;1H/t14-,16-;/m0./s1. The third kappa shape index (κ3) is 3.17. The van der Waals surface area contributed by atoms with Crippen LogP contribution in [0.2, 0.25) is 5.02 Å². The van der Waals surface area contributed by atoms with E-state index in [1.807, 2.05) is 12.1 Å². The molecule has 1 aliphatic rings. The third-order valence-corrected chi connectivity index (χ3v) is 4.36. The van der Waals surface area contributed by atoms with Gasteiger partial charge in [0.15, 0.2) is 0 Å². The summed E-state index contributed by atoms with van der Waals surface area (Å²) in [5.74, 6) is 1.02. The lowest BCUT2D eigenvalue weighted by Crippen LogP contribution is -2.34. The second-order valence-electron chi connectivity index (χ2n) is 5.14. The molecule has 0 saturated carbocycles. The Balaban J connectivity index is 0.00000147. The first-order valence-electron chi connectivity index (χ1n) is 6.86. The van der Waals surface area contributed by atoms with Crippen molar-refractivity contribution < 1.29 is 0 Å². The summed E-state index contributed by atoms with van der Waals surface area (Å²) in [6.45, 7) is 2.09. The fraction of sp³-hybridized carbons (Fsp3) is 0.294. The Morgan fingerprint density at radius 2 is 1.60 bits per heavy atom. The van der Waals surface area contributed by atoms with Crippen LogP contribution in [0.25, 0.3) is 0 Å². The molecular weight excluding hydrogens is 289 g/mol. The first kappa shape index (κ1) is 15.4. The molecule has 1 nitrogen and oxygen atoms in total. The van der Waals surface area contributed by atoms with E-state index in [0.29, 0.717) is 11.8 Å². The van der Waals surface area contributed by atoms with Gasteiger partial charge in [-0.3, -0.25) is 0 Å². The van der Waals surface area contributed by atoms with Gasteiger partial charge in [-0.1, -0.05) is 60.1 Å². The number of halogens is 2. The highest BCUT2D eigenvalue weighted by Gasteiger charge is 2.28. The van der Waals surface area contributed by atoms with Crippen LogP contribution in [0.1, 0.15) is 29.4 Å². The smallest absolute Gasteiger partial charge is 0.0441 e. The molecule has 1 aliphatic heterocycles. The van der Waals surface area contributed by atoms with Crippen LogP contribution >= 0.6 is 24.0 Å². The zero-order valence-electron chi connectivity index (χ0n) is 11.3. The molecule has 1 heterocycles. The minimum absolute atomic E-state index is 0. The number of piperidine rings is 1. The van der Waals surface area contributed by atoms with Gasteiger partial charge in [-0.25, -0.2) is 0 Å². The number of benzene rings is 2. The molecule has 0 aromatic heterocycles. The number of hydrogen-bond acceptors (Lipinski definition) is 1. The minimum Gasteiger partial charge on any atom is -0.316 e. The normalized spacial score (nSPS) is 22.1. The van der Waals surface area contributed by atoms with Crippen LogP contribution in [0, 0.1) is 0 Å². The Bertz CT molecular complexity index is 542. The molecule has 3 heteroatoms. The summed E-state index contributed by atoms with van der Waals surface area (Å²) < 4.78 is 0. The summed E-state index contributed by atoms with van der Waals surface area (Å²) in [5, 5.41) is 4.39. The zero-order valence-corrected chi connectivity index (χ0v) is 12.8. The molecule has 106 valence electrons. The van der Waals surface area contributed by atoms with Gasteiger partial charge < -0.3 is 5.32 Å².